The van der Waals surface area contributed by atoms with Crippen LogP contribution in [0.5, 0.6) is 0 Å². The second kappa shape index (κ2) is 4.60. The van der Waals surface area contributed by atoms with Crippen molar-refractivity contribution in [2.45, 2.75) is 6.92 Å². The first-order chi connectivity index (χ1) is 7.42. The summed E-state index contributed by atoms with van der Waals surface area (Å²) >= 11 is 0. The molecule has 0 N–H and O–H groups in total. The van der Waals surface area contributed by atoms with Gasteiger partial charge in [-0.1, -0.05) is 47.6 Å². The highest BCUT2D eigenvalue weighted by Gasteiger charge is 1.96. The van der Waals surface area contributed by atoms with E-state index < -0.39 is 0 Å². The summed E-state index contributed by atoms with van der Waals surface area (Å²) < 4.78 is 0. The number of fused-ring (bicyclic) bond motifs is 1. The molecule has 0 atom stereocenters. The van der Waals surface area contributed by atoms with E-state index in [9.17, 15) is 0 Å². The maximum absolute atomic E-state index is 4.96. The van der Waals surface area contributed by atoms with E-state index in [-0.39, 0.29) is 0 Å². The quantitative estimate of drug-likeness (QED) is 0.549. The highest BCUT2D eigenvalue weighted by Crippen LogP contribution is 2.16. The Morgan fingerprint density at radius 2 is 1.93 bits per heavy atom. The van der Waals surface area contributed by atoms with Gasteiger partial charge in [-0.15, -0.1) is 0 Å². The fraction of sp³-hybridized carbons (Fsp3) is 0.154. The lowest BCUT2D eigenvalue weighted by Gasteiger charge is -2.00. The average Bonchev–Trinajstić information content (AvgIpc) is 2.30. The van der Waals surface area contributed by atoms with Gasteiger partial charge < -0.3 is 4.84 Å². The van der Waals surface area contributed by atoms with Gasteiger partial charge in [0, 0.05) is 5.56 Å². The predicted octanol–water partition coefficient (Wildman–Crippen LogP) is 3.21. The molecule has 0 saturated heterocycles. The molecule has 15 heavy (non-hydrogen) atoms. The number of nitrogens with zero attached hydrogens (tertiary/aromatic N) is 1. The molecular weight excluding hydrogens is 186 g/mol. The van der Waals surface area contributed by atoms with Gasteiger partial charge in [-0.2, -0.15) is 0 Å². The molecule has 2 aromatic carbocycles. The predicted molar refractivity (Wildman–Crippen MR) is 63.2 cm³/mol. The van der Waals surface area contributed by atoms with Crippen LogP contribution >= 0.6 is 0 Å². The van der Waals surface area contributed by atoms with Crippen LogP contribution in [0.25, 0.3) is 10.8 Å². The zero-order valence-electron chi connectivity index (χ0n) is 8.68. The van der Waals surface area contributed by atoms with Gasteiger partial charge in [0.1, 0.15) is 6.61 Å². The molecule has 0 radical (unpaired) electrons. The van der Waals surface area contributed by atoms with Gasteiger partial charge >= 0.3 is 0 Å². The number of rotatable bonds is 3. The van der Waals surface area contributed by atoms with Crippen LogP contribution in [0.15, 0.2) is 47.6 Å². The van der Waals surface area contributed by atoms with E-state index in [0.29, 0.717) is 6.61 Å². The number of oxime groups is 1. The zero-order valence-corrected chi connectivity index (χ0v) is 8.68. The molecule has 0 aliphatic rings. The van der Waals surface area contributed by atoms with Crippen molar-refractivity contribution in [3.05, 3.63) is 48.0 Å². The van der Waals surface area contributed by atoms with Gasteiger partial charge in [0.25, 0.3) is 0 Å². The summed E-state index contributed by atoms with van der Waals surface area (Å²) in [6, 6.07) is 14.4. The number of hydrogen-bond acceptors (Lipinski definition) is 2. The van der Waals surface area contributed by atoms with E-state index in [1.54, 1.807) is 6.21 Å². The monoisotopic (exact) mass is 199 g/mol. The normalized spacial score (nSPS) is 11.0. The Labute approximate surface area is 89.2 Å². The molecule has 0 aliphatic carbocycles. The van der Waals surface area contributed by atoms with Gasteiger partial charge in [-0.05, 0) is 17.7 Å². The molecule has 0 heterocycles. The Morgan fingerprint density at radius 3 is 2.80 bits per heavy atom. The highest BCUT2D eigenvalue weighted by molar-refractivity contribution is 5.99. The minimum absolute atomic E-state index is 0.598. The van der Waals surface area contributed by atoms with E-state index in [1.165, 1.54) is 10.8 Å². The molecule has 0 bridgehead atoms. The first kappa shape index (κ1) is 9.71. The van der Waals surface area contributed by atoms with Crippen molar-refractivity contribution < 1.29 is 4.84 Å². The lowest BCUT2D eigenvalue weighted by Crippen LogP contribution is -1.86. The van der Waals surface area contributed by atoms with E-state index in [2.05, 4.69) is 23.4 Å². The van der Waals surface area contributed by atoms with Crippen LogP contribution in [0, 0.1) is 0 Å². The van der Waals surface area contributed by atoms with E-state index in [1.807, 2.05) is 31.2 Å². The SMILES string of the molecule is CCON=Cc1cccc2ccccc12. The van der Waals surface area contributed by atoms with Crippen molar-refractivity contribution in [3.8, 4) is 0 Å². The van der Waals surface area contributed by atoms with Crippen molar-refractivity contribution >= 4 is 17.0 Å². The molecule has 0 fully saturated rings. The highest BCUT2D eigenvalue weighted by atomic mass is 16.6. The molecule has 0 spiro atoms. The van der Waals surface area contributed by atoms with Crippen LogP contribution in [0.2, 0.25) is 0 Å². The van der Waals surface area contributed by atoms with Crippen molar-refractivity contribution in [2.75, 3.05) is 6.61 Å². The van der Waals surface area contributed by atoms with Crippen molar-refractivity contribution in [3.63, 3.8) is 0 Å². The molecule has 2 heteroatoms. The molecule has 2 aromatic rings. The van der Waals surface area contributed by atoms with Gasteiger partial charge in [0.05, 0.1) is 6.21 Å². The summed E-state index contributed by atoms with van der Waals surface area (Å²) in [5.74, 6) is 0. The lowest BCUT2D eigenvalue weighted by molar-refractivity contribution is 0.160. The summed E-state index contributed by atoms with van der Waals surface area (Å²) in [6.45, 7) is 2.52. The molecule has 0 aliphatic heterocycles. The summed E-state index contributed by atoms with van der Waals surface area (Å²) in [6.07, 6.45) is 1.76. The van der Waals surface area contributed by atoms with Crippen LogP contribution in [-0.4, -0.2) is 12.8 Å². The molecule has 0 saturated carbocycles. The maximum atomic E-state index is 4.96. The summed E-state index contributed by atoms with van der Waals surface area (Å²) in [7, 11) is 0. The third kappa shape index (κ3) is 2.15. The maximum Gasteiger partial charge on any atom is 0.114 e. The minimum atomic E-state index is 0.598. The Kier molecular flexibility index (Phi) is 2.98. The fourth-order valence-electron chi connectivity index (χ4n) is 1.53. The smallest absolute Gasteiger partial charge is 0.114 e. The molecule has 0 amide bonds. The first-order valence-corrected chi connectivity index (χ1v) is 5.05. The Bertz CT molecular complexity index is 471. The van der Waals surface area contributed by atoms with Crippen LogP contribution in [0.3, 0.4) is 0 Å². The largest absolute Gasteiger partial charge is 0.396 e. The Morgan fingerprint density at radius 1 is 1.13 bits per heavy atom. The Hall–Kier alpha value is -1.83. The van der Waals surface area contributed by atoms with E-state index in [4.69, 9.17) is 4.84 Å². The third-order valence-corrected chi connectivity index (χ3v) is 2.22. The van der Waals surface area contributed by atoms with E-state index >= 15 is 0 Å². The van der Waals surface area contributed by atoms with Crippen molar-refractivity contribution in [1.82, 2.24) is 0 Å². The average molecular weight is 199 g/mol. The molecular formula is C13H13NO. The summed E-state index contributed by atoms with van der Waals surface area (Å²) in [5, 5.41) is 6.30. The van der Waals surface area contributed by atoms with Crippen LogP contribution < -0.4 is 0 Å². The molecule has 2 nitrogen and oxygen atoms in total. The second-order valence-electron chi connectivity index (χ2n) is 3.22. The second-order valence-corrected chi connectivity index (χ2v) is 3.22. The summed E-state index contributed by atoms with van der Waals surface area (Å²) in [4.78, 5) is 4.96. The molecule has 2 rings (SSSR count). The standard InChI is InChI=1S/C13H13NO/c1-2-15-14-10-12-8-5-7-11-6-3-4-9-13(11)12/h3-10H,2H2,1H3. The number of hydrogen-bond donors (Lipinski definition) is 0. The summed E-state index contributed by atoms with van der Waals surface area (Å²) in [5.41, 5.74) is 1.08. The molecule has 0 unspecified atom stereocenters. The van der Waals surface area contributed by atoms with Gasteiger partial charge in [0.2, 0.25) is 0 Å². The van der Waals surface area contributed by atoms with Crippen LogP contribution in [0.1, 0.15) is 12.5 Å². The van der Waals surface area contributed by atoms with Crippen molar-refractivity contribution in [2.24, 2.45) is 5.16 Å². The zero-order chi connectivity index (χ0) is 10.5. The van der Waals surface area contributed by atoms with Gasteiger partial charge in [0.15, 0.2) is 0 Å². The lowest BCUT2D eigenvalue weighted by atomic mass is 10.1. The van der Waals surface area contributed by atoms with Crippen LogP contribution in [-0.2, 0) is 4.84 Å². The Balaban J connectivity index is 2.42. The molecule has 76 valence electrons. The van der Waals surface area contributed by atoms with E-state index in [0.717, 1.165) is 5.56 Å². The van der Waals surface area contributed by atoms with Gasteiger partial charge in [-0.25, -0.2) is 0 Å². The van der Waals surface area contributed by atoms with Gasteiger partial charge in [-0.3, -0.25) is 0 Å². The molecule has 0 aromatic heterocycles. The van der Waals surface area contributed by atoms with Crippen LogP contribution in [0.4, 0.5) is 0 Å². The first-order valence-electron chi connectivity index (χ1n) is 5.05. The number of benzene rings is 2. The fourth-order valence-corrected chi connectivity index (χ4v) is 1.53. The van der Waals surface area contributed by atoms with Crippen molar-refractivity contribution in [1.29, 1.82) is 0 Å². The third-order valence-electron chi connectivity index (χ3n) is 2.22. The minimum Gasteiger partial charge on any atom is -0.396 e. The topological polar surface area (TPSA) is 21.6 Å².